The highest BCUT2D eigenvalue weighted by atomic mass is 32.2. The molecule has 1 saturated carbocycles. The highest BCUT2D eigenvalue weighted by Crippen LogP contribution is 2.43. The van der Waals surface area contributed by atoms with Gasteiger partial charge in [-0.1, -0.05) is 12.5 Å². The Morgan fingerprint density at radius 1 is 1.29 bits per heavy atom. The minimum atomic E-state index is -4.57. The number of hydrogen-bond donors (Lipinski definition) is 2. The van der Waals surface area contributed by atoms with Crippen molar-refractivity contribution in [3.63, 3.8) is 0 Å². The van der Waals surface area contributed by atoms with E-state index in [0.717, 1.165) is 54.9 Å². The number of nitrogens with one attached hydrogen (secondary N) is 1. The highest BCUT2D eigenvalue weighted by molar-refractivity contribution is 7.97. The largest absolute Gasteiger partial charge is 0.417 e. The molecule has 0 bridgehead atoms. The summed E-state index contributed by atoms with van der Waals surface area (Å²) in [7, 11) is 0. The van der Waals surface area contributed by atoms with Crippen LogP contribution in [0.4, 0.5) is 24.7 Å². The van der Waals surface area contributed by atoms with Gasteiger partial charge in [0.15, 0.2) is 0 Å². The predicted octanol–water partition coefficient (Wildman–Crippen LogP) is 4.31. The lowest BCUT2D eigenvalue weighted by atomic mass is 9.91. The van der Waals surface area contributed by atoms with Gasteiger partial charge in [0.2, 0.25) is 0 Å². The van der Waals surface area contributed by atoms with Crippen LogP contribution in [-0.2, 0) is 6.18 Å². The molecule has 1 aromatic heterocycles. The molecule has 1 aromatic carbocycles. The lowest BCUT2D eigenvalue weighted by Gasteiger charge is -2.46. The Labute approximate surface area is 164 Å². The molecule has 1 saturated heterocycles. The van der Waals surface area contributed by atoms with Crippen molar-refractivity contribution in [1.29, 1.82) is 0 Å². The molecule has 2 aromatic rings. The van der Waals surface area contributed by atoms with Crippen LogP contribution in [0.5, 0.6) is 0 Å². The summed E-state index contributed by atoms with van der Waals surface area (Å²) in [5, 5.41) is 8.20. The first kappa shape index (κ1) is 19.1. The van der Waals surface area contributed by atoms with Crippen molar-refractivity contribution in [2.24, 2.45) is 11.1 Å². The number of hydrogen-bond acceptors (Lipinski definition) is 5. The number of aromatic nitrogens is 1. The third kappa shape index (κ3) is 3.56. The number of anilines is 2. The minimum Gasteiger partial charge on any atom is -0.352 e. The van der Waals surface area contributed by atoms with Crippen LogP contribution >= 0.6 is 11.9 Å². The van der Waals surface area contributed by atoms with Gasteiger partial charge in [0.25, 0.3) is 5.91 Å². The second-order valence-corrected chi connectivity index (χ2v) is 7.81. The van der Waals surface area contributed by atoms with Crippen LogP contribution in [0.2, 0.25) is 0 Å². The molecule has 28 heavy (non-hydrogen) atoms. The lowest BCUT2D eigenvalue weighted by molar-refractivity contribution is -0.137. The standard InChI is InChI=1S/C19H19F3N4OS/c20-19(21,22)12-7-15(18(27)25-13-4-2-5-14(8-13)28-23)17(24-9-12)26-10-11-3-1-6-16(11)26/h2,4-5,7-9,11,16H,1,3,6,10,23H2,(H,25,27). The molecule has 1 aliphatic carbocycles. The fourth-order valence-electron chi connectivity index (χ4n) is 3.99. The molecule has 2 fully saturated rings. The van der Waals surface area contributed by atoms with Gasteiger partial charge in [-0.15, -0.1) is 0 Å². The summed E-state index contributed by atoms with van der Waals surface area (Å²) in [6.45, 7) is 0.725. The number of amides is 1. The molecule has 148 valence electrons. The normalized spacial score (nSPS) is 21.2. The van der Waals surface area contributed by atoms with E-state index in [2.05, 4.69) is 10.3 Å². The first-order chi connectivity index (χ1) is 13.4. The number of nitrogens with two attached hydrogens (primary N) is 1. The van der Waals surface area contributed by atoms with Crippen LogP contribution in [0.3, 0.4) is 0 Å². The number of benzene rings is 1. The van der Waals surface area contributed by atoms with Crippen molar-refractivity contribution >= 4 is 29.4 Å². The SMILES string of the molecule is NSc1cccc(NC(=O)c2cc(C(F)(F)F)cnc2N2CC3CCCC32)c1. The molecule has 0 radical (unpaired) electrons. The highest BCUT2D eigenvalue weighted by Gasteiger charge is 2.44. The summed E-state index contributed by atoms with van der Waals surface area (Å²) < 4.78 is 39.6. The van der Waals surface area contributed by atoms with E-state index in [9.17, 15) is 18.0 Å². The van der Waals surface area contributed by atoms with Crippen molar-refractivity contribution in [2.45, 2.75) is 36.4 Å². The summed E-state index contributed by atoms with van der Waals surface area (Å²) in [5.74, 6) is 0.241. The number of halogens is 3. The number of rotatable bonds is 4. The maximum Gasteiger partial charge on any atom is 0.417 e. The Kier molecular flexibility index (Phi) is 4.96. The number of carbonyl (C=O) groups excluding carboxylic acids is 1. The first-order valence-electron chi connectivity index (χ1n) is 8.99. The van der Waals surface area contributed by atoms with Crippen molar-refractivity contribution in [3.8, 4) is 0 Å². The molecule has 1 amide bonds. The Morgan fingerprint density at radius 3 is 2.82 bits per heavy atom. The Balaban J connectivity index is 1.67. The van der Waals surface area contributed by atoms with Gasteiger partial charge in [-0.3, -0.25) is 9.93 Å². The van der Waals surface area contributed by atoms with Crippen LogP contribution in [0.1, 0.15) is 35.2 Å². The van der Waals surface area contributed by atoms with Crippen molar-refractivity contribution in [2.75, 3.05) is 16.8 Å². The molecular formula is C19H19F3N4OS. The molecule has 3 N–H and O–H groups in total. The van der Waals surface area contributed by atoms with E-state index in [4.69, 9.17) is 5.14 Å². The number of pyridine rings is 1. The van der Waals surface area contributed by atoms with Crippen molar-refractivity contribution in [3.05, 3.63) is 47.7 Å². The van der Waals surface area contributed by atoms with E-state index in [-0.39, 0.29) is 11.6 Å². The molecule has 2 aliphatic rings. The zero-order chi connectivity index (χ0) is 19.9. The molecule has 0 spiro atoms. The first-order valence-corrected chi connectivity index (χ1v) is 9.87. The zero-order valence-electron chi connectivity index (χ0n) is 14.9. The number of fused-ring (bicyclic) bond motifs is 1. The Hall–Kier alpha value is -2.26. The molecule has 2 heterocycles. The number of carbonyl (C=O) groups is 1. The van der Waals surface area contributed by atoms with Gasteiger partial charge < -0.3 is 10.2 Å². The summed E-state index contributed by atoms with van der Waals surface area (Å²) in [5.41, 5.74) is -0.534. The quantitative estimate of drug-likeness (QED) is 0.738. The second kappa shape index (κ2) is 7.29. The van der Waals surface area contributed by atoms with Crippen LogP contribution in [-0.4, -0.2) is 23.5 Å². The smallest absolute Gasteiger partial charge is 0.352 e. The van der Waals surface area contributed by atoms with Gasteiger partial charge in [-0.05, 0) is 55.0 Å². The predicted molar refractivity (Wildman–Crippen MR) is 102 cm³/mol. The lowest BCUT2D eigenvalue weighted by Crippen LogP contribution is -2.54. The molecule has 2 unspecified atom stereocenters. The third-order valence-electron chi connectivity index (χ3n) is 5.39. The fraction of sp³-hybridized carbons (Fsp3) is 0.368. The fourth-order valence-corrected chi connectivity index (χ4v) is 4.34. The topological polar surface area (TPSA) is 71.2 Å². The third-order valence-corrected chi connectivity index (χ3v) is 5.92. The van der Waals surface area contributed by atoms with Crippen molar-refractivity contribution < 1.29 is 18.0 Å². The minimum absolute atomic E-state index is 0.0639. The van der Waals surface area contributed by atoms with Crippen LogP contribution in [0.25, 0.3) is 0 Å². The maximum atomic E-state index is 13.2. The van der Waals surface area contributed by atoms with E-state index in [0.29, 0.717) is 17.4 Å². The van der Waals surface area contributed by atoms with Gasteiger partial charge in [0, 0.05) is 29.4 Å². The van der Waals surface area contributed by atoms with Gasteiger partial charge in [-0.25, -0.2) is 4.98 Å². The average Bonchev–Trinajstić information content (AvgIpc) is 3.01. The van der Waals surface area contributed by atoms with E-state index >= 15 is 0 Å². The monoisotopic (exact) mass is 408 g/mol. The number of nitrogens with zero attached hydrogens (tertiary/aromatic N) is 2. The summed E-state index contributed by atoms with van der Waals surface area (Å²) in [6, 6.07) is 7.97. The molecule has 4 rings (SSSR count). The molecule has 1 aliphatic heterocycles. The van der Waals surface area contributed by atoms with Gasteiger partial charge in [0.1, 0.15) is 5.82 Å². The summed E-state index contributed by atoms with van der Waals surface area (Å²) in [6.07, 6.45) is -0.573. The summed E-state index contributed by atoms with van der Waals surface area (Å²) >= 11 is 1.02. The van der Waals surface area contributed by atoms with Gasteiger partial charge in [-0.2, -0.15) is 13.2 Å². The summed E-state index contributed by atoms with van der Waals surface area (Å²) in [4.78, 5) is 19.6. The molecule has 5 nitrogen and oxygen atoms in total. The maximum absolute atomic E-state index is 13.2. The van der Waals surface area contributed by atoms with E-state index in [1.807, 2.05) is 4.90 Å². The van der Waals surface area contributed by atoms with E-state index in [1.165, 1.54) is 0 Å². The van der Waals surface area contributed by atoms with Crippen LogP contribution in [0.15, 0.2) is 41.4 Å². The average molecular weight is 408 g/mol. The second-order valence-electron chi connectivity index (χ2n) is 7.10. The van der Waals surface area contributed by atoms with Crippen molar-refractivity contribution in [1.82, 2.24) is 4.98 Å². The van der Waals surface area contributed by atoms with Gasteiger partial charge >= 0.3 is 6.18 Å². The Bertz CT molecular complexity index is 905. The van der Waals surface area contributed by atoms with E-state index < -0.39 is 17.6 Å². The Morgan fingerprint density at radius 2 is 2.11 bits per heavy atom. The van der Waals surface area contributed by atoms with Gasteiger partial charge in [0.05, 0.1) is 11.1 Å². The number of alkyl halides is 3. The van der Waals surface area contributed by atoms with Crippen LogP contribution in [0, 0.1) is 5.92 Å². The zero-order valence-corrected chi connectivity index (χ0v) is 15.7. The van der Waals surface area contributed by atoms with Crippen LogP contribution < -0.4 is 15.4 Å². The molecule has 9 heteroatoms. The van der Waals surface area contributed by atoms with E-state index in [1.54, 1.807) is 24.3 Å². The molecular weight excluding hydrogens is 389 g/mol. The molecule has 2 atom stereocenters.